The zero-order valence-electron chi connectivity index (χ0n) is 29.6. The molecule has 2 saturated heterocycles. The topological polar surface area (TPSA) is 190 Å². The number of carbonyl (C=O) groups excluding carboxylic acids is 2. The van der Waals surface area contributed by atoms with Crippen molar-refractivity contribution in [3.63, 3.8) is 0 Å². The summed E-state index contributed by atoms with van der Waals surface area (Å²) in [4.78, 5) is 35.9. The number of carboxylic acids is 1. The van der Waals surface area contributed by atoms with Crippen LogP contribution in [-0.2, 0) is 38.1 Å². The lowest BCUT2D eigenvalue weighted by Gasteiger charge is -2.47. The standard InChI is InChI=1S/C35H63NO12/c1-5-6-7-8-9-10-11-12-13-14-15-16-17-18-19-20-28(40)45-22-26-30(41)34(29(23(2)46-26)36-24(3)37)48-35-32(43)31(42)33(44-4)25(47-35)21-27(38)39/h23,25-26,29-35,41-43H,5-22H2,1-4H3,(H,36,37)(H,38,39)/t23-,25?,26?,29?,30+,31+,32?,33+,34+,35-/m0/s1. The third-order valence-electron chi connectivity index (χ3n) is 9.31. The van der Waals surface area contributed by atoms with Crippen LogP contribution in [0.15, 0.2) is 0 Å². The smallest absolute Gasteiger partial charge is 0.306 e. The Hall–Kier alpha value is -1.87. The van der Waals surface area contributed by atoms with Gasteiger partial charge in [-0.05, 0) is 13.3 Å². The van der Waals surface area contributed by atoms with Gasteiger partial charge in [0.25, 0.3) is 0 Å². The van der Waals surface area contributed by atoms with E-state index in [1.54, 1.807) is 6.92 Å². The molecule has 4 unspecified atom stereocenters. The van der Waals surface area contributed by atoms with Crippen LogP contribution in [0.5, 0.6) is 0 Å². The number of aliphatic carboxylic acids is 1. The van der Waals surface area contributed by atoms with E-state index in [9.17, 15) is 34.8 Å². The summed E-state index contributed by atoms with van der Waals surface area (Å²) in [7, 11) is 1.25. The molecule has 280 valence electrons. The van der Waals surface area contributed by atoms with Gasteiger partial charge in [-0.3, -0.25) is 14.4 Å². The summed E-state index contributed by atoms with van der Waals surface area (Å²) in [5, 5.41) is 44.5. The van der Waals surface area contributed by atoms with Gasteiger partial charge >= 0.3 is 11.9 Å². The molecule has 0 saturated carbocycles. The van der Waals surface area contributed by atoms with Crippen LogP contribution in [0.1, 0.15) is 130 Å². The molecule has 2 heterocycles. The van der Waals surface area contributed by atoms with Crippen LogP contribution in [0.25, 0.3) is 0 Å². The van der Waals surface area contributed by atoms with Crippen molar-refractivity contribution < 1.29 is 58.5 Å². The summed E-state index contributed by atoms with van der Waals surface area (Å²) in [6, 6.07) is -0.907. The first kappa shape index (κ1) is 42.3. The molecule has 0 spiro atoms. The van der Waals surface area contributed by atoms with E-state index < -0.39 is 85.4 Å². The maximum Gasteiger partial charge on any atom is 0.306 e. The number of rotatable bonds is 24. The maximum absolute atomic E-state index is 12.5. The van der Waals surface area contributed by atoms with Gasteiger partial charge in [-0.2, -0.15) is 0 Å². The van der Waals surface area contributed by atoms with Gasteiger partial charge < -0.3 is 49.4 Å². The van der Waals surface area contributed by atoms with Crippen LogP contribution in [0.2, 0.25) is 0 Å². The van der Waals surface area contributed by atoms with Crippen LogP contribution < -0.4 is 5.32 Å². The number of hydrogen-bond donors (Lipinski definition) is 5. The molecule has 0 aliphatic carbocycles. The number of methoxy groups -OCH3 is 1. The lowest BCUT2D eigenvalue weighted by atomic mass is 9.92. The van der Waals surface area contributed by atoms with Crippen molar-refractivity contribution in [3.05, 3.63) is 0 Å². The quantitative estimate of drug-likeness (QED) is 0.0730. The normalized spacial score (nSPS) is 30.6. The highest BCUT2D eigenvalue weighted by atomic mass is 16.7. The van der Waals surface area contributed by atoms with E-state index in [4.69, 9.17) is 23.7 Å². The van der Waals surface area contributed by atoms with Gasteiger partial charge in [0.2, 0.25) is 5.91 Å². The second-order valence-electron chi connectivity index (χ2n) is 13.4. The number of carboxylic acid groups (broad SMARTS) is 1. The summed E-state index contributed by atoms with van der Waals surface area (Å²) < 4.78 is 28.1. The fourth-order valence-corrected chi connectivity index (χ4v) is 6.56. The predicted octanol–water partition coefficient (Wildman–Crippen LogP) is 3.77. The van der Waals surface area contributed by atoms with Crippen LogP contribution >= 0.6 is 0 Å². The molecular weight excluding hydrogens is 626 g/mol. The third-order valence-corrected chi connectivity index (χ3v) is 9.31. The average molecular weight is 690 g/mol. The number of nitrogens with one attached hydrogen (secondary N) is 1. The summed E-state index contributed by atoms with van der Waals surface area (Å²) in [6.07, 6.45) is 6.62. The molecule has 5 N–H and O–H groups in total. The van der Waals surface area contributed by atoms with Gasteiger partial charge in [-0.15, -0.1) is 0 Å². The Bertz CT molecular complexity index is 922. The molecule has 10 atom stereocenters. The molecule has 13 heteroatoms. The minimum absolute atomic E-state index is 0.247. The van der Waals surface area contributed by atoms with Crippen molar-refractivity contribution in [2.24, 2.45) is 0 Å². The highest BCUT2D eigenvalue weighted by molar-refractivity contribution is 5.73. The zero-order valence-corrected chi connectivity index (χ0v) is 29.6. The van der Waals surface area contributed by atoms with E-state index in [2.05, 4.69) is 12.2 Å². The number of unbranched alkanes of at least 4 members (excludes halogenated alkanes) is 14. The molecule has 2 rings (SSSR count). The Morgan fingerprint density at radius 2 is 1.27 bits per heavy atom. The summed E-state index contributed by atoms with van der Waals surface area (Å²) in [5.41, 5.74) is 0. The van der Waals surface area contributed by atoms with Crippen LogP contribution in [0, 0.1) is 0 Å². The number of aliphatic hydroxyl groups excluding tert-OH is 3. The molecule has 2 fully saturated rings. The second kappa shape index (κ2) is 23.5. The molecule has 48 heavy (non-hydrogen) atoms. The molecular formula is C35H63NO12. The number of ether oxygens (including phenoxy) is 5. The molecule has 2 aliphatic rings. The molecule has 0 aromatic rings. The zero-order chi connectivity index (χ0) is 35.5. The van der Waals surface area contributed by atoms with Crippen molar-refractivity contribution in [3.8, 4) is 0 Å². The number of hydrogen-bond acceptors (Lipinski definition) is 11. The Balaban J connectivity index is 1.77. The van der Waals surface area contributed by atoms with Crippen molar-refractivity contribution in [2.45, 2.75) is 191 Å². The Kier molecular flexibility index (Phi) is 20.7. The van der Waals surface area contributed by atoms with Crippen LogP contribution in [-0.4, -0.2) is 113 Å². The van der Waals surface area contributed by atoms with Crippen molar-refractivity contribution in [2.75, 3.05) is 13.7 Å². The van der Waals surface area contributed by atoms with Gasteiger partial charge in [0, 0.05) is 20.5 Å². The van der Waals surface area contributed by atoms with Gasteiger partial charge in [0.1, 0.15) is 49.3 Å². The number of aliphatic hydroxyl groups is 3. The minimum Gasteiger partial charge on any atom is -0.481 e. The van der Waals surface area contributed by atoms with Crippen LogP contribution in [0.4, 0.5) is 0 Å². The maximum atomic E-state index is 12.5. The number of esters is 1. The van der Waals surface area contributed by atoms with Crippen LogP contribution in [0.3, 0.4) is 0 Å². The fraction of sp³-hybridized carbons (Fsp3) is 0.914. The summed E-state index contributed by atoms with van der Waals surface area (Å²) in [6.45, 7) is 4.91. The van der Waals surface area contributed by atoms with E-state index in [-0.39, 0.29) is 13.0 Å². The number of carbonyl (C=O) groups is 3. The first-order valence-electron chi connectivity index (χ1n) is 18.2. The molecule has 0 aromatic heterocycles. The highest BCUT2D eigenvalue weighted by Gasteiger charge is 2.51. The molecule has 13 nitrogen and oxygen atoms in total. The largest absolute Gasteiger partial charge is 0.481 e. The molecule has 0 radical (unpaired) electrons. The Labute approximate surface area is 286 Å². The molecule has 1 amide bonds. The molecule has 0 bridgehead atoms. The van der Waals surface area contributed by atoms with E-state index in [0.29, 0.717) is 6.42 Å². The van der Waals surface area contributed by atoms with E-state index in [1.165, 1.54) is 84.7 Å². The van der Waals surface area contributed by atoms with Crippen molar-refractivity contribution >= 4 is 17.8 Å². The monoisotopic (exact) mass is 689 g/mol. The number of amides is 1. The lowest BCUT2D eigenvalue weighted by Crippen LogP contribution is -2.67. The third kappa shape index (κ3) is 14.9. The second-order valence-corrected chi connectivity index (χ2v) is 13.4. The van der Waals surface area contributed by atoms with Crippen molar-refractivity contribution in [1.82, 2.24) is 5.32 Å². The molecule has 0 aromatic carbocycles. The summed E-state index contributed by atoms with van der Waals surface area (Å²) >= 11 is 0. The lowest BCUT2D eigenvalue weighted by molar-refractivity contribution is -0.330. The predicted molar refractivity (Wildman–Crippen MR) is 177 cm³/mol. The van der Waals surface area contributed by atoms with Gasteiger partial charge in [-0.25, -0.2) is 0 Å². The Morgan fingerprint density at radius 1 is 0.729 bits per heavy atom. The Morgan fingerprint density at radius 3 is 1.77 bits per heavy atom. The van der Waals surface area contributed by atoms with Crippen molar-refractivity contribution in [1.29, 1.82) is 0 Å². The minimum atomic E-state index is -1.66. The SMILES string of the molecule is CCCCCCCCCCCCCCCCCC(=O)OCC1O[C@@H](C)C(NC(C)=O)[C@@H](O[C@@H]2OC(CC(=O)O)[C@@H](OC)[C@H](O)C2O)[C@@H]1O. The highest BCUT2D eigenvalue weighted by Crippen LogP contribution is 2.31. The van der Waals surface area contributed by atoms with E-state index >= 15 is 0 Å². The summed E-state index contributed by atoms with van der Waals surface area (Å²) in [5.74, 6) is -2.06. The average Bonchev–Trinajstić information content (AvgIpc) is 3.03. The first-order valence-corrected chi connectivity index (χ1v) is 18.2. The van der Waals surface area contributed by atoms with E-state index in [1.807, 2.05) is 0 Å². The van der Waals surface area contributed by atoms with Gasteiger partial charge in [0.15, 0.2) is 6.29 Å². The molecule has 2 aliphatic heterocycles. The fourth-order valence-electron chi connectivity index (χ4n) is 6.56. The van der Waals surface area contributed by atoms with Gasteiger partial charge in [-0.1, -0.05) is 96.8 Å². The first-order chi connectivity index (χ1) is 23.0. The van der Waals surface area contributed by atoms with Gasteiger partial charge in [0.05, 0.1) is 18.6 Å². The van der Waals surface area contributed by atoms with E-state index in [0.717, 1.165) is 19.3 Å².